The molecule has 6 nitrogen and oxygen atoms in total. The van der Waals surface area contributed by atoms with Crippen LogP contribution in [0, 0.1) is 6.92 Å². The van der Waals surface area contributed by atoms with Crippen LogP contribution >= 0.6 is 23.2 Å². The van der Waals surface area contributed by atoms with E-state index in [-0.39, 0.29) is 5.91 Å². The Hall–Kier alpha value is -2.31. The third kappa shape index (κ3) is 4.26. The van der Waals surface area contributed by atoms with Crippen LogP contribution in [0.25, 0.3) is 0 Å². The molecule has 0 aliphatic heterocycles. The molecule has 2 aromatic heterocycles. The van der Waals surface area contributed by atoms with Crippen LogP contribution in [0.1, 0.15) is 30.6 Å². The highest BCUT2D eigenvalue weighted by Gasteiger charge is 2.20. The largest absolute Gasteiger partial charge is 0.307 e. The second kappa shape index (κ2) is 7.93. The van der Waals surface area contributed by atoms with Crippen LogP contribution in [0.2, 0.25) is 10.0 Å². The lowest BCUT2D eigenvalue weighted by Crippen LogP contribution is -2.26. The molecule has 2 heterocycles. The van der Waals surface area contributed by atoms with Crippen LogP contribution < -0.4 is 5.32 Å². The molecule has 1 amide bonds. The lowest BCUT2D eigenvalue weighted by molar-refractivity contribution is -0.119. The Balaban J connectivity index is 1.73. The molecule has 0 radical (unpaired) electrons. The van der Waals surface area contributed by atoms with Crippen molar-refractivity contribution < 1.29 is 4.79 Å². The first kappa shape index (κ1) is 18.5. The number of nitrogens with zero attached hydrogens (tertiary/aromatic N) is 4. The Labute approximate surface area is 161 Å². The van der Waals surface area contributed by atoms with Crippen LogP contribution in [0.5, 0.6) is 0 Å². The summed E-state index contributed by atoms with van der Waals surface area (Å²) < 4.78 is 3.39. The van der Waals surface area contributed by atoms with Crippen molar-refractivity contribution in [3.05, 3.63) is 64.0 Å². The predicted molar refractivity (Wildman–Crippen MR) is 103 cm³/mol. The summed E-state index contributed by atoms with van der Waals surface area (Å²) >= 11 is 11.9. The molecule has 0 aliphatic carbocycles. The third-order valence-corrected chi connectivity index (χ3v) is 4.46. The van der Waals surface area contributed by atoms with Gasteiger partial charge in [-0.2, -0.15) is 10.2 Å². The second-order valence-corrected chi connectivity index (χ2v) is 6.88. The van der Waals surface area contributed by atoms with Gasteiger partial charge in [0.15, 0.2) is 5.82 Å². The number of carbonyl (C=O) groups excluding carboxylic acids is 1. The Morgan fingerprint density at radius 3 is 2.73 bits per heavy atom. The highest BCUT2D eigenvalue weighted by atomic mass is 35.5. The number of amides is 1. The number of rotatable bonds is 6. The van der Waals surface area contributed by atoms with E-state index in [1.807, 2.05) is 48.9 Å². The molecule has 1 unspecified atom stereocenters. The number of benzene rings is 1. The quantitative estimate of drug-likeness (QED) is 0.679. The topological polar surface area (TPSA) is 64.7 Å². The number of aromatic nitrogens is 4. The van der Waals surface area contributed by atoms with E-state index in [0.717, 1.165) is 11.3 Å². The van der Waals surface area contributed by atoms with E-state index in [1.54, 1.807) is 10.9 Å². The minimum Gasteiger partial charge on any atom is -0.307 e. The number of carbonyl (C=O) groups is 1. The average Bonchev–Trinajstić information content (AvgIpc) is 3.14. The highest BCUT2D eigenvalue weighted by Crippen LogP contribution is 2.18. The molecule has 8 heteroatoms. The van der Waals surface area contributed by atoms with Gasteiger partial charge >= 0.3 is 0 Å². The zero-order valence-corrected chi connectivity index (χ0v) is 16.0. The number of nitrogens with one attached hydrogen (secondary N) is 1. The Bertz CT molecular complexity index is 918. The molecule has 3 rings (SSSR count). The molecule has 1 aromatic carbocycles. The highest BCUT2D eigenvalue weighted by molar-refractivity contribution is 6.30. The number of aryl methyl sites for hydroxylation is 1. The van der Waals surface area contributed by atoms with E-state index in [9.17, 15) is 4.79 Å². The summed E-state index contributed by atoms with van der Waals surface area (Å²) in [6.45, 7) is 4.44. The molecule has 0 spiro atoms. The second-order valence-electron chi connectivity index (χ2n) is 6.01. The first-order chi connectivity index (χ1) is 12.5. The minimum atomic E-state index is -0.444. The fourth-order valence-electron chi connectivity index (χ4n) is 2.73. The normalized spacial score (nSPS) is 12.2. The van der Waals surface area contributed by atoms with Gasteiger partial charge in [0.2, 0.25) is 5.91 Å². The van der Waals surface area contributed by atoms with Crippen LogP contribution in [0.4, 0.5) is 5.82 Å². The van der Waals surface area contributed by atoms with Crippen molar-refractivity contribution in [3.8, 4) is 0 Å². The summed E-state index contributed by atoms with van der Waals surface area (Å²) in [5.74, 6) is 0.325. The SMILES string of the molecule is CCC(C(=O)Nc1cc(C)n(Cc2cccc(Cl)c2)n1)n1cc(Cl)cn1. The van der Waals surface area contributed by atoms with Gasteiger partial charge in [0.1, 0.15) is 6.04 Å². The van der Waals surface area contributed by atoms with Gasteiger partial charge in [0.05, 0.1) is 17.8 Å². The molecule has 136 valence electrons. The van der Waals surface area contributed by atoms with E-state index in [4.69, 9.17) is 23.2 Å². The van der Waals surface area contributed by atoms with Gasteiger partial charge in [0, 0.05) is 23.0 Å². The fourth-order valence-corrected chi connectivity index (χ4v) is 3.08. The van der Waals surface area contributed by atoms with Crippen molar-refractivity contribution in [2.45, 2.75) is 32.9 Å². The van der Waals surface area contributed by atoms with E-state index in [2.05, 4.69) is 15.5 Å². The molecule has 1 N–H and O–H groups in total. The van der Waals surface area contributed by atoms with Gasteiger partial charge < -0.3 is 5.32 Å². The van der Waals surface area contributed by atoms with Gasteiger partial charge in [-0.1, -0.05) is 42.3 Å². The zero-order chi connectivity index (χ0) is 18.7. The summed E-state index contributed by atoms with van der Waals surface area (Å²) in [6.07, 6.45) is 3.74. The summed E-state index contributed by atoms with van der Waals surface area (Å²) in [4.78, 5) is 12.6. The maximum Gasteiger partial charge on any atom is 0.250 e. The number of halogens is 2. The van der Waals surface area contributed by atoms with Crippen LogP contribution in [0.3, 0.4) is 0 Å². The van der Waals surface area contributed by atoms with E-state index >= 15 is 0 Å². The summed E-state index contributed by atoms with van der Waals surface area (Å²) in [7, 11) is 0. The van der Waals surface area contributed by atoms with Gasteiger partial charge in [0.25, 0.3) is 0 Å². The van der Waals surface area contributed by atoms with Gasteiger partial charge in [-0.05, 0) is 31.0 Å². The van der Waals surface area contributed by atoms with Crippen molar-refractivity contribution in [2.75, 3.05) is 5.32 Å². The lowest BCUT2D eigenvalue weighted by Gasteiger charge is -2.14. The molecule has 0 bridgehead atoms. The van der Waals surface area contributed by atoms with Gasteiger partial charge in [-0.15, -0.1) is 0 Å². The van der Waals surface area contributed by atoms with Crippen molar-refractivity contribution >= 4 is 34.9 Å². The van der Waals surface area contributed by atoms with E-state index in [1.165, 1.54) is 6.20 Å². The Morgan fingerprint density at radius 1 is 1.27 bits per heavy atom. The standard InChI is InChI=1S/C18H19Cl2N5O/c1-3-16(25-11-15(20)9-21-25)18(26)22-17-7-12(2)24(23-17)10-13-5-4-6-14(19)8-13/h4-9,11,16H,3,10H2,1-2H3,(H,22,23,26). The third-order valence-electron chi connectivity index (χ3n) is 4.03. The average molecular weight is 392 g/mol. The summed E-state index contributed by atoms with van der Waals surface area (Å²) in [6, 6.07) is 9.01. The van der Waals surface area contributed by atoms with Gasteiger partial charge in [-0.3, -0.25) is 14.2 Å². The van der Waals surface area contributed by atoms with Crippen LogP contribution in [-0.4, -0.2) is 25.5 Å². The number of anilines is 1. The number of hydrogen-bond donors (Lipinski definition) is 1. The van der Waals surface area contributed by atoms with Crippen molar-refractivity contribution in [1.29, 1.82) is 0 Å². The fraction of sp³-hybridized carbons (Fsp3) is 0.278. The smallest absolute Gasteiger partial charge is 0.250 e. The Kier molecular flexibility index (Phi) is 5.64. The molecule has 0 fully saturated rings. The molecular weight excluding hydrogens is 373 g/mol. The van der Waals surface area contributed by atoms with E-state index in [0.29, 0.717) is 28.8 Å². The van der Waals surface area contributed by atoms with Crippen LogP contribution in [-0.2, 0) is 11.3 Å². The first-order valence-electron chi connectivity index (χ1n) is 8.25. The maximum atomic E-state index is 12.6. The molecular formula is C18H19Cl2N5O. The van der Waals surface area contributed by atoms with E-state index < -0.39 is 6.04 Å². The molecule has 0 saturated heterocycles. The van der Waals surface area contributed by atoms with Crippen LogP contribution in [0.15, 0.2) is 42.7 Å². The molecule has 0 aliphatic rings. The molecule has 26 heavy (non-hydrogen) atoms. The van der Waals surface area contributed by atoms with Gasteiger partial charge in [-0.25, -0.2) is 0 Å². The monoisotopic (exact) mass is 391 g/mol. The minimum absolute atomic E-state index is 0.181. The Morgan fingerprint density at radius 2 is 2.08 bits per heavy atom. The molecule has 0 saturated carbocycles. The summed E-state index contributed by atoms with van der Waals surface area (Å²) in [5, 5.41) is 12.6. The summed E-state index contributed by atoms with van der Waals surface area (Å²) in [5.41, 5.74) is 1.98. The number of hydrogen-bond acceptors (Lipinski definition) is 3. The lowest BCUT2D eigenvalue weighted by atomic mass is 10.2. The predicted octanol–water partition coefficient (Wildman–Crippen LogP) is 4.33. The van der Waals surface area contributed by atoms with Crippen molar-refractivity contribution in [1.82, 2.24) is 19.6 Å². The van der Waals surface area contributed by atoms with Crippen molar-refractivity contribution in [2.24, 2.45) is 0 Å². The maximum absolute atomic E-state index is 12.6. The van der Waals surface area contributed by atoms with Crippen molar-refractivity contribution in [3.63, 3.8) is 0 Å². The zero-order valence-electron chi connectivity index (χ0n) is 14.5. The first-order valence-corrected chi connectivity index (χ1v) is 9.01. The molecule has 3 aromatic rings. The molecule has 1 atom stereocenters.